The maximum absolute atomic E-state index is 12.3. The van der Waals surface area contributed by atoms with Crippen LogP contribution in [0.4, 0.5) is 17.3 Å². The van der Waals surface area contributed by atoms with Crippen molar-refractivity contribution in [1.82, 2.24) is 14.9 Å². The van der Waals surface area contributed by atoms with E-state index in [1.165, 1.54) is 0 Å². The van der Waals surface area contributed by atoms with Crippen LogP contribution in [0.2, 0.25) is 0 Å². The van der Waals surface area contributed by atoms with Gasteiger partial charge in [0.15, 0.2) is 0 Å². The van der Waals surface area contributed by atoms with Crippen molar-refractivity contribution in [1.29, 1.82) is 5.26 Å². The van der Waals surface area contributed by atoms with E-state index >= 15 is 0 Å². The molecule has 0 aliphatic carbocycles. The average molecular weight is 349 g/mol. The molecule has 1 aromatic carbocycles. The first-order valence-electron chi connectivity index (χ1n) is 8.20. The number of hydrogen-bond acceptors (Lipinski definition) is 7. The predicted octanol–water partition coefficient (Wildman–Crippen LogP) is 1.23. The standard InChI is InChI=1S/C18H19N7O/c19-12-14(17(26)23-16-4-2-15(20)3-5-16)13-24-8-10-25(11-9-24)18-21-6-1-7-22-18/h1-7,13H,8-11,20H2,(H,23,26)/b14-13-. The molecule has 0 bridgehead atoms. The Bertz CT molecular complexity index is 819. The first-order valence-corrected chi connectivity index (χ1v) is 8.20. The number of nitrogens with one attached hydrogen (secondary N) is 1. The lowest BCUT2D eigenvalue weighted by atomic mass is 10.2. The molecule has 1 amide bonds. The first-order chi connectivity index (χ1) is 12.7. The van der Waals surface area contributed by atoms with Gasteiger partial charge in [0, 0.05) is 56.1 Å². The van der Waals surface area contributed by atoms with Gasteiger partial charge in [-0.1, -0.05) is 0 Å². The number of aromatic nitrogens is 2. The molecule has 0 radical (unpaired) electrons. The molecule has 26 heavy (non-hydrogen) atoms. The van der Waals surface area contributed by atoms with Crippen molar-refractivity contribution in [2.24, 2.45) is 0 Å². The Morgan fingerprint density at radius 1 is 1.15 bits per heavy atom. The van der Waals surface area contributed by atoms with Gasteiger partial charge in [-0.15, -0.1) is 0 Å². The summed E-state index contributed by atoms with van der Waals surface area (Å²) in [6.07, 6.45) is 5.03. The third-order valence-corrected chi connectivity index (χ3v) is 3.99. The van der Waals surface area contributed by atoms with Gasteiger partial charge < -0.3 is 20.9 Å². The van der Waals surface area contributed by atoms with Gasteiger partial charge in [0.05, 0.1) is 0 Å². The molecular weight excluding hydrogens is 330 g/mol. The molecule has 1 aliphatic rings. The van der Waals surface area contributed by atoms with Crippen LogP contribution in [-0.4, -0.2) is 47.0 Å². The summed E-state index contributed by atoms with van der Waals surface area (Å²) in [7, 11) is 0. The number of nitrogens with zero attached hydrogens (tertiary/aromatic N) is 5. The molecule has 1 aliphatic heterocycles. The van der Waals surface area contributed by atoms with Gasteiger partial charge in [-0.3, -0.25) is 4.79 Å². The van der Waals surface area contributed by atoms with E-state index < -0.39 is 5.91 Å². The molecule has 8 heteroatoms. The van der Waals surface area contributed by atoms with Gasteiger partial charge in [0.2, 0.25) is 5.95 Å². The summed E-state index contributed by atoms with van der Waals surface area (Å²) < 4.78 is 0. The monoisotopic (exact) mass is 349 g/mol. The molecule has 2 heterocycles. The highest BCUT2D eigenvalue weighted by atomic mass is 16.1. The van der Waals surface area contributed by atoms with Crippen LogP contribution in [-0.2, 0) is 4.79 Å². The van der Waals surface area contributed by atoms with Gasteiger partial charge in [0.25, 0.3) is 5.91 Å². The molecule has 1 saturated heterocycles. The van der Waals surface area contributed by atoms with E-state index in [0.717, 1.165) is 13.1 Å². The summed E-state index contributed by atoms with van der Waals surface area (Å²) >= 11 is 0. The van der Waals surface area contributed by atoms with Crippen LogP contribution in [0.1, 0.15) is 0 Å². The van der Waals surface area contributed by atoms with E-state index in [9.17, 15) is 10.1 Å². The summed E-state index contributed by atoms with van der Waals surface area (Å²) in [5.41, 5.74) is 6.89. The second kappa shape index (κ2) is 7.98. The quantitative estimate of drug-likeness (QED) is 0.485. The Labute approximate surface area is 151 Å². The van der Waals surface area contributed by atoms with Gasteiger partial charge >= 0.3 is 0 Å². The van der Waals surface area contributed by atoms with Gasteiger partial charge in [-0.25, -0.2) is 9.97 Å². The number of rotatable bonds is 4. The van der Waals surface area contributed by atoms with Crippen LogP contribution < -0.4 is 16.0 Å². The number of carbonyl (C=O) groups is 1. The van der Waals surface area contributed by atoms with E-state index in [-0.39, 0.29) is 5.57 Å². The van der Waals surface area contributed by atoms with Gasteiger partial charge in [-0.05, 0) is 30.3 Å². The number of nitriles is 1. The van der Waals surface area contributed by atoms with Crippen molar-refractivity contribution < 1.29 is 4.79 Å². The maximum Gasteiger partial charge on any atom is 0.267 e. The lowest BCUT2D eigenvalue weighted by Crippen LogP contribution is -2.45. The van der Waals surface area contributed by atoms with Crippen molar-refractivity contribution >= 4 is 23.2 Å². The van der Waals surface area contributed by atoms with E-state index in [0.29, 0.717) is 30.4 Å². The minimum Gasteiger partial charge on any atom is -0.399 e. The van der Waals surface area contributed by atoms with Gasteiger partial charge in [-0.2, -0.15) is 5.26 Å². The summed E-state index contributed by atoms with van der Waals surface area (Å²) in [6.45, 7) is 2.80. The minimum atomic E-state index is -0.439. The Hall–Kier alpha value is -3.60. The summed E-state index contributed by atoms with van der Waals surface area (Å²) in [6, 6.07) is 10.5. The topological polar surface area (TPSA) is 111 Å². The van der Waals surface area contributed by atoms with Crippen molar-refractivity contribution in [3.63, 3.8) is 0 Å². The van der Waals surface area contributed by atoms with Crippen molar-refractivity contribution in [2.45, 2.75) is 0 Å². The van der Waals surface area contributed by atoms with Crippen LogP contribution in [0.15, 0.2) is 54.5 Å². The number of piperazine rings is 1. The molecule has 3 rings (SSSR count). The average Bonchev–Trinajstić information content (AvgIpc) is 2.69. The molecule has 3 N–H and O–H groups in total. The zero-order chi connectivity index (χ0) is 18.4. The molecule has 1 fully saturated rings. The number of nitrogens with two attached hydrogens (primary N) is 1. The van der Waals surface area contributed by atoms with E-state index in [2.05, 4.69) is 20.2 Å². The fraction of sp³-hybridized carbons (Fsp3) is 0.222. The minimum absolute atomic E-state index is 0.0613. The maximum atomic E-state index is 12.3. The molecule has 2 aromatic rings. The normalized spacial score (nSPS) is 14.7. The predicted molar refractivity (Wildman–Crippen MR) is 99.0 cm³/mol. The summed E-state index contributed by atoms with van der Waals surface area (Å²) in [5.74, 6) is 0.254. The highest BCUT2D eigenvalue weighted by molar-refractivity contribution is 6.06. The van der Waals surface area contributed by atoms with Crippen LogP contribution in [0.25, 0.3) is 0 Å². The fourth-order valence-electron chi connectivity index (χ4n) is 2.59. The SMILES string of the molecule is N#C/C(=C/N1CCN(c2ncccn2)CC1)C(=O)Nc1ccc(N)cc1. The zero-order valence-corrected chi connectivity index (χ0v) is 14.2. The lowest BCUT2D eigenvalue weighted by molar-refractivity contribution is -0.112. The van der Waals surface area contributed by atoms with E-state index in [1.807, 2.05) is 11.0 Å². The Morgan fingerprint density at radius 3 is 2.42 bits per heavy atom. The molecular formula is C18H19N7O. The lowest BCUT2D eigenvalue weighted by Gasteiger charge is -2.34. The molecule has 0 unspecified atom stereocenters. The van der Waals surface area contributed by atoms with Crippen LogP contribution in [0, 0.1) is 11.3 Å². The van der Waals surface area contributed by atoms with Crippen LogP contribution >= 0.6 is 0 Å². The van der Waals surface area contributed by atoms with Crippen LogP contribution in [0.5, 0.6) is 0 Å². The third-order valence-electron chi connectivity index (χ3n) is 3.99. The smallest absolute Gasteiger partial charge is 0.267 e. The fourth-order valence-corrected chi connectivity index (χ4v) is 2.59. The summed E-state index contributed by atoms with van der Waals surface area (Å²) in [4.78, 5) is 24.8. The van der Waals surface area contributed by atoms with Crippen molar-refractivity contribution in [3.8, 4) is 6.07 Å². The van der Waals surface area contributed by atoms with E-state index in [4.69, 9.17) is 5.73 Å². The first kappa shape index (κ1) is 17.2. The number of anilines is 3. The number of nitrogen functional groups attached to an aromatic ring is 1. The zero-order valence-electron chi connectivity index (χ0n) is 14.2. The molecule has 8 nitrogen and oxygen atoms in total. The number of benzene rings is 1. The number of carbonyl (C=O) groups excluding carboxylic acids is 1. The van der Waals surface area contributed by atoms with Crippen molar-refractivity contribution in [2.75, 3.05) is 42.1 Å². The Balaban J connectivity index is 1.60. The molecule has 0 atom stereocenters. The van der Waals surface area contributed by atoms with Crippen LogP contribution in [0.3, 0.4) is 0 Å². The Kier molecular flexibility index (Phi) is 5.29. The Morgan fingerprint density at radius 2 is 1.81 bits per heavy atom. The highest BCUT2D eigenvalue weighted by Crippen LogP contribution is 2.13. The second-order valence-electron chi connectivity index (χ2n) is 5.80. The van der Waals surface area contributed by atoms with Gasteiger partial charge in [0.1, 0.15) is 11.6 Å². The second-order valence-corrected chi connectivity index (χ2v) is 5.80. The molecule has 132 valence electrons. The largest absolute Gasteiger partial charge is 0.399 e. The number of hydrogen-bond donors (Lipinski definition) is 2. The molecule has 1 aromatic heterocycles. The third kappa shape index (κ3) is 4.27. The number of amides is 1. The highest BCUT2D eigenvalue weighted by Gasteiger charge is 2.19. The molecule has 0 spiro atoms. The van der Waals surface area contributed by atoms with E-state index in [1.54, 1.807) is 48.9 Å². The summed E-state index contributed by atoms with van der Waals surface area (Å²) in [5, 5.41) is 12.0. The molecule has 0 saturated carbocycles. The van der Waals surface area contributed by atoms with Crippen molar-refractivity contribution in [3.05, 3.63) is 54.5 Å².